The zero-order chi connectivity index (χ0) is 12.2. The zero-order valence-electron chi connectivity index (χ0n) is 10.4. The average Bonchev–Trinajstić information content (AvgIpc) is 2.55. The summed E-state index contributed by atoms with van der Waals surface area (Å²) in [5.74, 6) is 0. The van der Waals surface area contributed by atoms with Crippen molar-refractivity contribution < 1.29 is 4.79 Å². The van der Waals surface area contributed by atoms with E-state index in [0.717, 1.165) is 6.54 Å². The molecule has 2 unspecified atom stereocenters. The van der Waals surface area contributed by atoms with Gasteiger partial charge in [0.2, 0.25) is 0 Å². The highest BCUT2D eigenvalue weighted by Gasteiger charge is 2.45. The van der Waals surface area contributed by atoms with Gasteiger partial charge in [-0.05, 0) is 18.6 Å². The molecule has 0 radical (unpaired) electrons. The molecule has 0 aliphatic carbocycles. The van der Waals surface area contributed by atoms with Crippen molar-refractivity contribution in [3.05, 3.63) is 29.3 Å². The van der Waals surface area contributed by atoms with E-state index in [9.17, 15) is 4.79 Å². The van der Waals surface area contributed by atoms with Gasteiger partial charge in [-0.25, -0.2) is 4.79 Å². The summed E-state index contributed by atoms with van der Waals surface area (Å²) < 4.78 is 0. The van der Waals surface area contributed by atoms with Crippen LogP contribution in [0.1, 0.15) is 17.2 Å². The molecule has 2 aliphatic heterocycles. The fraction of sp³-hybridized carbons (Fsp3) is 0.462. The number of anilines is 1. The van der Waals surface area contributed by atoms with Gasteiger partial charge in [-0.1, -0.05) is 12.1 Å². The molecule has 4 nitrogen and oxygen atoms in total. The summed E-state index contributed by atoms with van der Waals surface area (Å²) in [7, 11) is 3.78. The molecule has 0 aromatic heterocycles. The van der Waals surface area contributed by atoms with Crippen LogP contribution in [0, 0.1) is 6.92 Å². The number of likely N-dealkylation sites (N-methyl/N-ethyl adjacent to an activating group) is 2. The molecule has 1 aromatic carbocycles. The third kappa shape index (κ3) is 1.27. The maximum absolute atomic E-state index is 12.0. The van der Waals surface area contributed by atoms with E-state index in [2.05, 4.69) is 30.4 Å². The monoisotopic (exact) mass is 231 g/mol. The molecule has 2 atom stereocenters. The number of urea groups is 1. The Bertz CT molecular complexity index is 486. The number of nitrogens with one attached hydrogen (secondary N) is 1. The minimum absolute atomic E-state index is 0.109. The van der Waals surface area contributed by atoms with Gasteiger partial charge >= 0.3 is 6.03 Å². The van der Waals surface area contributed by atoms with Crippen LogP contribution in [0.5, 0.6) is 0 Å². The maximum Gasteiger partial charge on any atom is 0.320 e. The second-order valence-electron chi connectivity index (χ2n) is 4.93. The minimum atomic E-state index is 0.109. The van der Waals surface area contributed by atoms with E-state index in [4.69, 9.17) is 0 Å². The molecule has 2 amide bonds. The lowest BCUT2D eigenvalue weighted by molar-refractivity contribution is 0.200. The fourth-order valence-electron chi connectivity index (χ4n) is 3.06. The van der Waals surface area contributed by atoms with E-state index in [0.29, 0.717) is 0 Å². The largest absolute Gasteiger partial charge is 0.383 e. The Morgan fingerprint density at radius 2 is 2.06 bits per heavy atom. The van der Waals surface area contributed by atoms with Crippen LogP contribution in [0.15, 0.2) is 18.2 Å². The van der Waals surface area contributed by atoms with Crippen molar-refractivity contribution in [1.29, 1.82) is 0 Å². The van der Waals surface area contributed by atoms with Gasteiger partial charge in [-0.3, -0.25) is 0 Å². The lowest BCUT2D eigenvalue weighted by Gasteiger charge is -2.34. The van der Waals surface area contributed by atoms with Crippen LogP contribution < -0.4 is 5.32 Å². The second kappa shape index (κ2) is 3.39. The van der Waals surface area contributed by atoms with Crippen molar-refractivity contribution in [1.82, 2.24) is 9.80 Å². The summed E-state index contributed by atoms with van der Waals surface area (Å²) in [6.07, 6.45) is 0. The average molecular weight is 231 g/mol. The maximum atomic E-state index is 12.0. The van der Waals surface area contributed by atoms with Crippen molar-refractivity contribution in [2.45, 2.75) is 19.0 Å². The normalized spacial score (nSPS) is 26.6. The van der Waals surface area contributed by atoms with Gasteiger partial charge in [0.1, 0.15) is 0 Å². The predicted molar refractivity (Wildman–Crippen MR) is 67.1 cm³/mol. The number of rotatable bonds is 0. The molecule has 4 heteroatoms. The summed E-state index contributed by atoms with van der Waals surface area (Å²) in [6, 6.07) is 6.79. The van der Waals surface area contributed by atoms with Gasteiger partial charge in [0, 0.05) is 31.9 Å². The van der Waals surface area contributed by atoms with Crippen molar-refractivity contribution in [2.24, 2.45) is 0 Å². The van der Waals surface area contributed by atoms with Gasteiger partial charge in [0.25, 0.3) is 0 Å². The minimum Gasteiger partial charge on any atom is -0.383 e. The molecule has 2 aliphatic rings. The van der Waals surface area contributed by atoms with E-state index in [1.54, 1.807) is 0 Å². The number of hydrogen-bond donors (Lipinski definition) is 1. The summed E-state index contributed by atoms with van der Waals surface area (Å²) >= 11 is 0. The lowest BCUT2D eigenvalue weighted by atomic mass is 9.90. The molecule has 1 fully saturated rings. The molecule has 1 N–H and O–H groups in total. The van der Waals surface area contributed by atoms with E-state index in [1.165, 1.54) is 16.8 Å². The fourth-order valence-corrected chi connectivity index (χ4v) is 3.06. The molecule has 1 aromatic rings. The van der Waals surface area contributed by atoms with Crippen molar-refractivity contribution in [3.63, 3.8) is 0 Å². The van der Waals surface area contributed by atoms with Crippen molar-refractivity contribution >= 4 is 11.7 Å². The number of fused-ring (bicyclic) bond motifs is 3. The van der Waals surface area contributed by atoms with Gasteiger partial charge in [0.05, 0.1) is 12.1 Å². The van der Waals surface area contributed by atoms with Gasteiger partial charge < -0.3 is 15.1 Å². The molecule has 17 heavy (non-hydrogen) atoms. The molecular weight excluding hydrogens is 214 g/mol. The van der Waals surface area contributed by atoms with Crippen LogP contribution >= 0.6 is 0 Å². The summed E-state index contributed by atoms with van der Waals surface area (Å²) in [6.45, 7) is 2.94. The molecule has 3 rings (SSSR count). The lowest BCUT2D eigenvalue weighted by Crippen LogP contribution is -2.39. The number of hydrogen-bond acceptors (Lipinski definition) is 2. The number of aryl methyl sites for hydroxylation is 1. The Labute approximate surface area is 101 Å². The highest BCUT2D eigenvalue weighted by Crippen LogP contribution is 2.41. The quantitative estimate of drug-likeness (QED) is 0.739. The Morgan fingerprint density at radius 1 is 1.29 bits per heavy atom. The molecule has 0 saturated carbocycles. The van der Waals surface area contributed by atoms with Crippen LogP contribution in [-0.4, -0.2) is 42.5 Å². The van der Waals surface area contributed by atoms with Crippen LogP contribution in [0.25, 0.3) is 0 Å². The van der Waals surface area contributed by atoms with Gasteiger partial charge in [-0.2, -0.15) is 0 Å². The molecule has 0 spiro atoms. The van der Waals surface area contributed by atoms with Crippen molar-refractivity contribution in [3.8, 4) is 0 Å². The van der Waals surface area contributed by atoms with Crippen LogP contribution in [0.3, 0.4) is 0 Å². The molecule has 1 saturated heterocycles. The SMILES string of the molecule is Cc1cccc2c1C1C(CN2)N(C)C(=O)N1C. The topological polar surface area (TPSA) is 35.6 Å². The Kier molecular flexibility index (Phi) is 2.08. The smallest absolute Gasteiger partial charge is 0.320 e. The first-order valence-electron chi connectivity index (χ1n) is 5.94. The summed E-state index contributed by atoms with van der Waals surface area (Å²) in [5, 5.41) is 3.43. The number of carbonyl (C=O) groups is 1. The van der Waals surface area contributed by atoms with E-state index in [1.807, 2.05) is 23.9 Å². The predicted octanol–water partition coefficient (Wildman–Crippen LogP) is 1.83. The van der Waals surface area contributed by atoms with E-state index < -0.39 is 0 Å². The standard InChI is InChI=1S/C13H17N3O/c1-8-5-4-6-9-11(8)12-10(7-14-9)15(2)13(17)16(12)3/h4-6,10,12,14H,7H2,1-3H3. The first-order valence-corrected chi connectivity index (χ1v) is 5.94. The highest BCUT2D eigenvalue weighted by atomic mass is 16.2. The van der Waals surface area contributed by atoms with Crippen LogP contribution in [0.4, 0.5) is 10.5 Å². The summed E-state index contributed by atoms with van der Waals surface area (Å²) in [5.41, 5.74) is 3.69. The third-order valence-electron chi connectivity index (χ3n) is 4.00. The first kappa shape index (κ1) is 10.4. The highest BCUT2D eigenvalue weighted by molar-refractivity contribution is 5.79. The van der Waals surface area contributed by atoms with Crippen molar-refractivity contribution in [2.75, 3.05) is 26.0 Å². The second-order valence-corrected chi connectivity index (χ2v) is 4.93. The Hall–Kier alpha value is -1.71. The third-order valence-corrected chi connectivity index (χ3v) is 4.00. The van der Waals surface area contributed by atoms with Gasteiger partial charge in [-0.15, -0.1) is 0 Å². The van der Waals surface area contributed by atoms with E-state index >= 15 is 0 Å². The Morgan fingerprint density at radius 3 is 2.82 bits per heavy atom. The number of carbonyl (C=O) groups excluding carboxylic acids is 1. The molecule has 0 bridgehead atoms. The summed E-state index contributed by atoms with van der Waals surface area (Å²) in [4.78, 5) is 15.7. The van der Waals surface area contributed by atoms with Gasteiger partial charge in [0.15, 0.2) is 0 Å². The van der Waals surface area contributed by atoms with Crippen LogP contribution in [-0.2, 0) is 0 Å². The van der Waals surface area contributed by atoms with Crippen LogP contribution in [0.2, 0.25) is 0 Å². The molecule has 90 valence electrons. The molecule has 2 heterocycles. The number of amides is 2. The molecular formula is C13H17N3O. The Balaban J connectivity index is 2.15. The number of nitrogens with zero attached hydrogens (tertiary/aromatic N) is 2. The first-order chi connectivity index (χ1) is 8.11. The van der Waals surface area contributed by atoms with E-state index in [-0.39, 0.29) is 18.1 Å². The number of benzene rings is 1. The zero-order valence-corrected chi connectivity index (χ0v) is 10.4.